The van der Waals surface area contributed by atoms with E-state index in [0.717, 1.165) is 16.2 Å². The molecular formula is C18H16N6O7S4. The van der Waals surface area contributed by atoms with E-state index in [1.54, 1.807) is 5.38 Å². The van der Waals surface area contributed by atoms with E-state index in [0.29, 0.717) is 21.4 Å². The highest BCUT2D eigenvalue weighted by atomic mass is 32.2. The van der Waals surface area contributed by atoms with E-state index in [9.17, 15) is 29.5 Å². The molecule has 0 aromatic carbocycles. The summed E-state index contributed by atoms with van der Waals surface area (Å²) in [6, 6.07) is -1.01. The molecule has 6 N–H and O–H groups in total. The van der Waals surface area contributed by atoms with Gasteiger partial charge in [0.15, 0.2) is 10.8 Å². The van der Waals surface area contributed by atoms with Crippen molar-refractivity contribution in [2.24, 2.45) is 5.16 Å². The smallest absolute Gasteiger partial charge is 0.352 e. The van der Waals surface area contributed by atoms with Gasteiger partial charge in [0, 0.05) is 22.3 Å². The van der Waals surface area contributed by atoms with E-state index in [1.165, 1.54) is 40.2 Å². The minimum absolute atomic E-state index is 0.0477. The molecular weight excluding hydrogens is 541 g/mol. The number of nitrogens with zero attached hydrogens (tertiary/aromatic N) is 4. The number of fused-ring (bicyclic) bond motifs is 1. The Labute approximate surface area is 213 Å². The van der Waals surface area contributed by atoms with E-state index in [2.05, 4.69) is 20.4 Å². The molecule has 0 radical (unpaired) electrons. The van der Waals surface area contributed by atoms with Crippen LogP contribution in [0.5, 0.6) is 0 Å². The van der Waals surface area contributed by atoms with Crippen LogP contribution in [-0.2, 0) is 25.6 Å². The molecule has 0 spiro atoms. The van der Waals surface area contributed by atoms with Crippen LogP contribution in [0.2, 0.25) is 0 Å². The number of aliphatic carboxylic acids is 2. The number of nitrogen functional groups attached to an aromatic ring is 1. The van der Waals surface area contributed by atoms with Crippen LogP contribution in [0.1, 0.15) is 11.4 Å². The summed E-state index contributed by atoms with van der Waals surface area (Å²) in [4.78, 5) is 57.4. The normalized spacial score (nSPS) is 19.8. The minimum atomic E-state index is -1.27. The van der Waals surface area contributed by atoms with Crippen LogP contribution in [0.15, 0.2) is 31.5 Å². The molecule has 2 atom stereocenters. The molecule has 2 aromatic rings. The predicted molar refractivity (Wildman–Crippen MR) is 129 cm³/mol. The Morgan fingerprint density at radius 3 is 2.66 bits per heavy atom. The van der Waals surface area contributed by atoms with E-state index in [4.69, 9.17) is 10.8 Å². The number of nitrogens with one attached hydrogen (secondary N) is 1. The maximum absolute atomic E-state index is 12.8. The molecule has 35 heavy (non-hydrogen) atoms. The third kappa shape index (κ3) is 5.12. The number of β-lactam (4-membered cyclic amide) rings is 1. The zero-order valence-corrected chi connectivity index (χ0v) is 20.7. The number of carbonyl (C=O) groups is 4. The summed E-state index contributed by atoms with van der Waals surface area (Å²) >= 11 is 4.85. The largest absolute Gasteiger partial charge is 0.481 e. The Hall–Kier alpha value is -3.15. The molecule has 2 amide bonds. The van der Waals surface area contributed by atoms with Crippen molar-refractivity contribution in [3.63, 3.8) is 0 Å². The lowest BCUT2D eigenvalue weighted by Crippen LogP contribution is -2.71. The quantitative estimate of drug-likeness (QED) is 0.0941. The summed E-state index contributed by atoms with van der Waals surface area (Å²) in [5.41, 5.74) is 5.95. The molecule has 0 aliphatic carbocycles. The first-order valence-electron chi connectivity index (χ1n) is 9.62. The van der Waals surface area contributed by atoms with Gasteiger partial charge in [0.2, 0.25) is 0 Å². The average molecular weight is 557 g/mol. The van der Waals surface area contributed by atoms with Crippen LogP contribution in [-0.4, -0.2) is 82.7 Å². The van der Waals surface area contributed by atoms with Crippen LogP contribution < -0.4 is 11.1 Å². The molecule has 184 valence electrons. The molecule has 13 nitrogen and oxygen atoms in total. The summed E-state index contributed by atoms with van der Waals surface area (Å²) in [5.74, 6) is -3.18. The lowest BCUT2D eigenvalue weighted by molar-refractivity contribution is -0.150. The topological polar surface area (TPSA) is 208 Å². The van der Waals surface area contributed by atoms with Crippen molar-refractivity contribution in [1.82, 2.24) is 20.2 Å². The number of carbonyl (C=O) groups excluding carboxylic acids is 2. The number of thioether (sulfide) groups is 2. The lowest BCUT2D eigenvalue weighted by Gasteiger charge is -2.49. The van der Waals surface area contributed by atoms with E-state index < -0.39 is 40.9 Å². The van der Waals surface area contributed by atoms with Crippen molar-refractivity contribution in [1.29, 1.82) is 0 Å². The molecule has 0 bridgehead atoms. The molecule has 1 saturated heterocycles. The Bertz CT molecular complexity index is 1270. The Morgan fingerprint density at radius 1 is 1.26 bits per heavy atom. The van der Waals surface area contributed by atoms with E-state index in [-0.39, 0.29) is 28.7 Å². The van der Waals surface area contributed by atoms with Gasteiger partial charge in [-0.15, -0.1) is 34.4 Å². The van der Waals surface area contributed by atoms with Crippen LogP contribution in [0.25, 0.3) is 0 Å². The van der Waals surface area contributed by atoms with Gasteiger partial charge in [-0.25, -0.2) is 14.8 Å². The van der Waals surface area contributed by atoms with Crippen LogP contribution in [0.3, 0.4) is 0 Å². The maximum Gasteiger partial charge on any atom is 0.352 e. The first-order valence-corrected chi connectivity index (χ1v) is 13.4. The molecule has 4 rings (SSSR count). The lowest BCUT2D eigenvalue weighted by atomic mass is 10.0. The average Bonchev–Trinajstić information content (AvgIpc) is 3.43. The van der Waals surface area contributed by atoms with Gasteiger partial charge in [-0.2, -0.15) is 0 Å². The summed E-state index contributed by atoms with van der Waals surface area (Å²) < 4.78 is 0.587. The highest BCUT2D eigenvalue weighted by Crippen LogP contribution is 2.41. The van der Waals surface area contributed by atoms with Gasteiger partial charge in [-0.3, -0.25) is 19.3 Å². The molecule has 1 unspecified atom stereocenters. The van der Waals surface area contributed by atoms with Crippen molar-refractivity contribution in [2.45, 2.75) is 22.2 Å². The van der Waals surface area contributed by atoms with Crippen molar-refractivity contribution in [3.05, 3.63) is 33.4 Å². The highest BCUT2D eigenvalue weighted by molar-refractivity contribution is 8.01. The van der Waals surface area contributed by atoms with Crippen molar-refractivity contribution < 1.29 is 34.6 Å². The standard InChI is InChI=1S/C18H16N6O7S4/c19-17-21-8(5-33-17)10(23-31)13(27)22-11-14(28)24-12(16(29)30)6(2-32-15(11)24)3-34-18-20-7(4-35-18)1-9(25)26/h4-5,11,15,31H,1-3H2,(H2,19,21)(H,22,27)(H,25,26)(H,29,30)/b23-10-/t11?,15-/m1/s1. The Morgan fingerprint density at radius 2 is 2.03 bits per heavy atom. The Balaban J connectivity index is 1.45. The predicted octanol–water partition coefficient (Wildman–Crippen LogP) is 0.518. The first kappa shape index (κ1) is 25.0. The third-order valence-corrected chi connectivity index (χ3v) is 9.02. The SMILES string of the molecule is Nc1nc(/C(=N/O)C(=O)NC2C(=O)N3C(C(=O)O)=C(CSc4nc(CC(=O)O)cs4)CS[C@H]23)cs1. The molecule has 1 fully saturated rings. The summed E-state index contributed by atoms with van der Waals surface area (Å²) in [6.45, 7) is 0. The number of anilines is 1. The summed E-state index contributed by atoms with van der Waals surface area (Å²) in [5, 5.41) is 35.9. The van der Waals surface area contributed by atoms with Crippen molar-refractivity contribution in [3.8, 4) is 0 Å². The number of thiazole rings is 2. The highest BCUT2D eigenvalue weighted by Gasteiger charge is 2.54. The van der Waals surface area contributed by atoms with Gasteiger partial charge in [0.25, 0.3) is 11.8 Å². The van der Waals surface area contributed by atoms with Crippen LogP contribution in [0.4, 0.5) is 5.13 Å². The van der Waals surface area contributed by atoms with Gasteiger partial charge in [0.05, 0.1) is 12.1 Å². The van der Waals surface area contributed by atoms with E-state index >= 15 is 0 Å². The monoisotopic (exact) mass is 556 g/mol. The second-order valence-electron chi connectivity index (χ2n) is 7.10. The number of aromatic nitrogens is 2. The number of hydrogen-bond acceptors (Lipinski definition) is 13. The summed E-state index contributed by atoms with van der Waals surface area (Å²) in [7, 11) is 0. The number of carboxylic acids is 2. The fourth-order valence-corrected chi connectivity index (χ4v) is 7.23. The van der Waals surface area contributed by atoms with E-state index in [1.807, 2.05) is 0 Å². The molecule has 2 aliphatic rings. The number of oxime groups is 1. The van der Waals surface area contributed by atoms with Gasteiger partial charge < -0.3 is 26.5 Å². The second-order valence-corrected chi connectivity index (χ2v) is 11.2. The van der Waals surface area contributed by atoms with Crippen LogP contribution in [0, 0.1) is 0 Å². The number of amides is 2. The number of nitrogens with two attached hydrogens (primary N) is 1. The van der Waals surface area contributed by atoms with Gasteiger partial charge in [0.1, 0.15) is 27.1 Å². The number of hydrogen-bond donors (Lipinski definition) is 5. The number of rotatable bonds is 9. The molecule has 0 saturated carbocycles. The minimum Gasteiger partial charge on any atom is -0.481 e. The number of carboxylic acid groups (broad SMARTS) is 2. The van der Waals surface area contributed by atoms with Gasteiger partial charge in [-0.1, -0.05) is 16.9 Å². The first-order chi connectivity index (χ1) is 16.7. The van der Waals surface area contributed by atoms with Crippen molar-refractivity contribution >= 4 is 80.8 Å². The second kappa shape index (κ2) is 10.2. The van der Waals surface area contributed by atoms with Crippen molar-refractivity contribution in [2.75, 3.05) is 17.2 Å². The third-order valence-electron chi connectivity index (χ3n) is 4.85. The molecule has 17 heteroatoms. The van der Waals surface area contributed by atoms with Crippen LogP contribution >= 0.6 is 46.2 Å². The maximum atomic E-state index is 12.8. The zero-order chi connectivity index (χ0) is 25.3. The molecule has 2 aliphatic heterocycles. The summed E-state index contributed by atoms with van der Waals surface area (Å²) in [6.07, 6.45) is -0.203. The molecule has 2 aromatic heterocycles. The van der Waals surface area contributed by atoms with Gasteiger partial charge >= 0.3 is 11.9 Å². The van der Waals surface area contributed by atoms with Gasteiger partial charge in [-0.05, 0) is 5.57 Å². The molecule has 4 heterocycles. The Kier molecular flexibility index (Phi) is 7.29. The fraction of sp³-hybridized carbons (Fsp3) is 0.278. The fourth-order valence-electron chi connectivity index (χ4n) is 3.35. The zero-order valence-electron chi connectivity index (χ0n) is 17.4.